The van der Waals surface area contributed by atoms with Gasteiger partial charge in [0.2, 0.25) is 0 Å². The van der Waals surface area contributed by atoms with E-state index in [4.69, 9.17) is 0 Å². The second-order valence-corrected chi connectivity index (χ2v) is 1.71. The van der Waals surface area contributed by atoms with Gasteiger partial charge in [-0.25, -0.2) is 0 Å². The Labute approximate surface area is 48.3 Å². The second kappa shape index (κ2) is 5.20. The molecule has 0 unspecified atom stereocenters. The third-order valence-electron chi connectivity index (χ3n) is 0.214. The van der Waals surface area contributed by atoms with Gasteiger partial charge in [0.15, 0.2) is 0 Å². The first-order chi connectivity index (χ1) is 2.27. The lowest BCUT2D eigenvalue weighted by molar-refractivity contribution is 1.23. The number of hydrogen-bond donors (Lipinski definition) is 3. The van der Waals surface area contributed by atoms with Crippen LogP contribution >= 0.6 is 24.8 Å². The number of thiocarbonyl (C=S) groups is 1. The predicted molar refractivity (Wildman–Crippen MR) is 36.6 cm³/mol. The molecule has 0 saturated carbocycles. The minimum Gasteiger partial charge on any atom is -0.374 e. The fourth-order valence-electron chi connectivity index (χ4n) is 0. The second-order valence-electron chi connectivity index (χ2n) is 0.555. The van der Waals surface area contributed by atoms with Crippen LogP contribution in [0.15, 0.2) is 0 Å². The molecule has 0 aromatic rings. The van der Waals surface area contributed by atoms with Crippen LogP contribution < -0.4 is 11.5 Å². The molecule has 0 spiro atoms. The Morgan fingerprint density at radius 1 is 1.83 bits per heavy atom. The summed E-state index contributed by atoms with van der Waals surface area (Å²) in [6.07, 6.45) is 0. The van der Waals surface area contributed by atoms with Crippen LogP contribution in [0, 0.1) is 0 Å². The Bertz CT molecular complexity index is 44.8. The summed E-state index contributed by atoms with van der Waals surface area (Å²) in [6.45, 7) is 0. The average molecular weight is 125 g/mol. The average Bonchev–Trinajstić information content (AvgIpc) is 1.38. The largest absolute Gasteiger partial charge is 0.374 e. The summed E-state index contributed by atoms with van der Waals surface area (Å²) in [5.74, 6) is 0. The lowest BCUT2D eigenvalue weighted by Gasteiger charge is -1.83. The molecule has 0 heterocycles. The Hall–Kier alpha value is 0.200. The van der Waals surface area contributed by atoms with Crippen molar-refractivity contribution in [3.63, 3.8) is 0 Å². The summed E-state index contributed by atoms with van der Waals surface area (Å²) < 4.78 is 0.532. The van der Waals surface area contributed by atoms with E-state index in [-0.39, 0.29) is 6.15 Å². The van der Waals surface area contributed by atoms with Crippen LogP contribution in [0.4, 0.5) is 0 Å². The zero-order valence-corrected chi connectivity index (χ0v) is 5.57. The first-order valence-corrected chi connectivity index (χ1v) is 2.03. The first kappa shape index (κ1) is 9.50. The van der Waals surface area contributed by atoms with E-state index in [2.05, 4.69) is 30.2 Å². The lowest BCUT2D eigenvalue weighted by Crippen LogP contribution is -2.06. The fraction of sp³-hybridized carbons (Fsp3) is 0.500. The summed E-state index contributed by atoms with van der Waals surface area (Å²) in [5.41, 5.74) is 0. The summed E-state index contributed by atoms with van der Waals surface area (Å²) in [7, 11) is 1.73. The maximum absolute atomic E-state index is 4.45. The molecular weight excluding hydrogens is 116 g/mol. The van der Waals surface area contributed by atoms with Gasteiger partial charge in [0.25, 0.3) is 0 Å². The van der Waals surface area contributed by atoms with Crippen molar-refractivity contribution in [3.8, 4) is 0 Å². The highest BCUT2D eigenvalue weighted by molar-refractivity contribution is 8.11. The van der Waals surface area contributed by atoms with E-state index in [9.17, 15) is 0 Å². The van der Waals surface area contributed by atoms with Crippen LogP contribution in [-0.4, -0.2) is 11.4 Å². The van der Waals surface area contributed by atoms with Gasteiger partial charge in [-0.05, 0) is 0 Å². The molecule has 0 fully saturated rings. The Morgan fingerprint density at radius 2 is 2.00 bits per heavy atom. The molecule has 0 radical (unpaired) electrons. The quantitative estimate of drug-likeness (QED) is 0.331. The smallest absolute Gasteiger partial charge is 0.130 e. The maximum Gasteiger partial charge on any atom is 0.130 e. The highest BCUT2D eigenvalue weighted by Crippen LogP contribution is 1.69. The number of quaternary nitrogens is 1. The number of nitrogens with one attached hydrogen (secondary N) is 1. The molecule has 5 N–H and O–H groups in total. The Morgan fingerprint density at radius 3 is 2.00 bits per heavy atom. The third-order valence-corrected chi connectivity index (χ3v) is 0.642. The third kappa shape index (κ3) is 8.89. The minimum atomic E-state index is 0. The fourth-order valence-corrected chi connectivity index (χ4v) is 0. The van der Waals surface area contributed by atoms with Crippen molar-refractivity contribution >= 4 is 29.2 Å². The topological polar surface area (TPSA) is 48.5 Å². The molecule has 38 valence electrons. The molecule has 0 aliphatic heterocycles. The summed E-state index contributed by atoms with van der Waals surface area (Å²) in [4.78, 5) is 0. The molecule has 0 saturated heterocycles. The van der Waals surface area contributed by atoms with E-state index >= 15 is 0 Å². The van der Waals surface area contributed by atoms with E-state index in [1.54, 1.807) is 7.05 Å². The van der Waals surface area contributed by atoms with Gasteiger partial charge >= 0.3 is 0 Å². The molecule has 0 atom stereocenters. The van der Waals surface area contributed by atoms with Crippen molar-refractivity contribution in [1.82, 2.24) is 11.5 Å². The van der Waals surface area contributed by atoms with Crippen LogP contribution in [0.1, 0.15) is 0 Å². The zero-order chi connectivity index (χ0) is 4.28. The normalized spacial score (nSPS) is 5.67. The molecule has 0 rings (SSSR count). The van der Waals surface area contributed by atoms with Gasteiger partial charge in [0.1, 0.15) is 4.32 Å². The van der Waals surface area contributed by atoms with Crippen LogP contribution in [0.3, 0.4) is 0 Å². The SMILES string of the molecule is CNC(=S)S.[NH4+]. The molecule has 4 heteroatoms. The molecule has 0 amide bonds. The molecule has 0 aliphatic carbocycles. The minimum absolute atomic E-state index is 0. The maximum atomic E-state index is 4.45. The van der Waals surface area contributed by atoms with Crippen molar-refractivity contribution in [2.45, 2.75) is 0 Å². The highest BCUT2D eigenvalue weighted by atomic mass is 32.1. The standard InChI is InChI=1S/C2H5NS2.H3N/c1-3-2(4)5;/h1H3,(H2,3,4,5);1H3/p+1. The van der Waals surface area contributed by atoms with E-state index < -0.39 is 0 Å². The molecule has 0 aliphatic rings. The van der Waals surface area contributed by atoms with Gasteiger partial charge in [-0.3, -0.25) is 0 Å². The van der Waals surface area contributed by atoms with Crippen LogP contribution in [0.25, 0.3) is 0 Å². The summed E-state index contributed by atoms with van der Waals surface area (Å²) >= 11 is 8.17. The van der Waals surface area contributed by atoms with Crippen molar-refractivity contribution < 1.29 is 0 Å². The van der Waals surface area contributed by atoms with E-state index in [0.717, 1.165) is 0 Å². The zero-order valence-electron chi connectivity index (χ0n) is 3.86. The molecule has 0 bridgehead atoms. The number of rotatable bonds is 0. The highest BCUT2D eigenvalue weighted by Gasteiger charge is 1.67. The van der Waals surface area contributed by atoms with Gasteiger partial charge in [0.05, 0.1) is 0 Å². The van der Waals surface area contributed by atoms with E-state index in [1.807, 2.05) is 0 Å². The molecule has 2 nitrogen and oxygen atoms in total. The van der Waals surface area contributed by atoms with Gasteiger partial charge < -0.3 is 11.5 Å². The van der Waals surface area contributed by atoms with Crippen molar-refractivity contribution in [1.29, 1.82) is 0 Å². The van der Waals surface area contributed by atoms with Crippen molar-refractivity contribution in [2.75, 3.05) is 7.05 Å². The van der Waals surface area contributed by atoms with Crippen molar-refractivity contribution in [2.24, 2.45) is 0 Å². The number of hydrogen-bond acceptors (Lipinski definition) is 1. The van der Waals surface area contributed by atoms with Crippen LogP contribution in [-0.2, 0) is 0 Å². The summed E-state index contributed by atoms with van der Waals surface area (Å²) in [5, 5.41) is 2.62. The monoisotopic (exact) mass is 125 g/mol. The van der Waals surface area contributed by atoms with Gasteiger partial charge in [-0.2, -0.15) is 0 Å². The van der Waals surface area contributed by atoms with Crippen LogP contribution in [0.2, 0.25) is 0 Å². The van der Waals surface area contributed by atoms with Gasteiger partial charge in [-0.15, -0.1) is 12.6 Å². The first-order valence-electron chi connectivity index (χ1n) is 1.18. The number of thiol groups is 1. The van der Waals surface area contributed by atoms with E-state index in [0.29, 0.717) is 4.32 Å². The van der Waals surface area contributed by atoms with Gasteiger partial charge in [-0.1, -0.05) is 12.2 Å². The van der Waals surface area contributed by atoms with Gasteiger partial charge in [0, 0.05) is 7.05 Å². The molecular formula is C2H9N2S2+. The lowest BCUT2D eigenvalue weighted by atomic mass is 11.2. The van der Waals surface area contributed by atoms with E-state index in [1.165, 1.54) is 0 Å². The molecule has 6 heavy (non-hydrogen) atoms. The molecule has 0 aromatic heterocycles. The Kier molecular flexibility index (Phi) is 8.24. The molecule has 0 aromatic carbocycles. The van der Waals surface area contributed by atoms with Crippen molar-refractivity contribution in [3.05, 3.63) is 0 Å². The van der Waals surface area contributed by atoms with Crippen LogP contribution in [0.5, 0.6) is 0 Å². The Balaban J connectivity index is 0. The summed E-state index contributed by atoms with van der Waals surface area (Å²) in [6, 6.07) is 0. The predicted octanol–water partition coefficient (Wildman–Crippen LogP) is 0.797.